The zero-order valence-electron chi connectivity index (χ0n) is 11.3. The predicted molar refractivity (Wildman–Crippen MR) is 77.7 cm³/mol. The number of nitrogens with one attached hydrogen (secondary N) is 1. The third-order valence-corrected chi connectivity index (χ3v) is 2.87. The first-order valence-corrected chi connectivity index (χ1v) is 6.37. The molecule has 4 nitrogen and oxygen atoms in total. The first-order chi connectivity index (χ1) is 9.70. The van der Waals surface area contributed by atoms with Crippen molar-refractivity contribution in [2.24, 2.45) is 0 Å². The average Bonchev–Trinajstić information content (AvgIpc) is 2.46. The van der Waals surface area contributed by atoms with Crippen molar-refractivity contribution in [2.45, 2.75) is 13.5 Å². The van der Waals surface area contributed by atoms with E-state index in [9.17, 15) is 9.90 Å². The molecule has 0 aliphatic heterocycles. The van der Waals surface area contributed by atoms with Crippen molar-refractivity contribution in [3.63, 3.8) is 0 Å². The van der Waals surface area contributed by atoms with Gasteiger partial charge in [0.25, 0.3) is 5.91 Å². The maximum Gasteiger partial charge on any atom is 0.262 e. The highest BCUT2D eigenvalue weighted by atomic mass is 16.5. The van der Waals surface area contributed by atoms with Crippen LogP contribution in [0.25, 0.3) is 0 Å². The maximum absolute atomic E-state index is 11.8. The molecule has 2 aromatic rings. The van der Waals surface area contributed by atoms with Crippen molar-refractivity contribution in [3.05, 3.63) is 59.7 Å². The van der Waals surface area contributed by atoms with E-state index in [1.807, 2.05) is 49.4 Å². The molecule has 2 N–H and O–H groups in total. The Morgan fingerprint density at radius 3 is 2.60 bits per heavy atom. The number of aliphatic hydroxyl groups is 1. The number of aryl methyl sites for hydroxylation is 1. The second kappa shape index (κ2) is 6.73. The van der Waals surface area contributed by atoms with Crippen LogP contribution in [0.5, 0.6) is 5.75 Å². The van der Waals surface area contributed by atoms with Crippen LogP contribution in [0, 0.1) is 6.92 Å². The minimum Gasteiger partial charge on any atom is -0.483 e. The monoisotopic (exact) mass is 271 g/mol. The number of ether oxygens (including phenoxy) is 1. The van der Waals surface area contributed by atoms with Gasteiger partial charge in [0.1, 0.15) is 5.75 Å². The van der Waals surface area contributed by atoms with Gasteiger partial charge < -0.3 is 15.2 Å². The molecule has 0 fully saturated rings. The molecule has 0 saturated heterocycles. The normalized spacial score (nSPS) is 10.1. The van der Waals surface area contributed by atoms with Crippen molar-refractivity contribution >= 4 is 11.6 Å². The molecule has 1 amide bonds. The number of aliphatic hydroxyl groups excluding tert-OH is 1. The Kier molecular flexibility index (Phi) is 4.74. The van der Waals surface area contributed by atoms with Gasteiger partial charge >= 0.3 is 0 Å². The van der Waals surface area contributed by atoms with Gasteiger partial charge in [-0.25, -0.2) is 0 Å². The Balaban J connectivity index is 1.97. The molecule has 4 heteroatoms. The van der Waals surface area contributed by atoms with Crippen molar-refractivity contribution in [1.29, 1.82) is 0 Å². The van der Waals surface area contributed by atoms with Gasteiger partial charge in [-0.3, -0.25) is 4.79 Å². The smallest absolute Gasteiger partial charge is 0.262 e. The van der Waals surface area contributed by atoms with Gasteiger partial charge in [-0.05, 0) is 24.6 Å². The largest absolute Gasteiger partial charge is 0.483 e. The fourth-order valence-corrected chi connectivity index (χ4v) is 1.90. The second-order valence-electron chi connectivity index (χ2n) is 4.42. The molecule has 2 rings (SSSR count). The highest BCUT2D eigenvalue weighted by Gasteiger charge is 2.09. The number of amides is 1. The third-order valence-electron chi connectivity index (χ3n) is 2.87. The van der Waals surface area contributed by atoms with E-state index in [1.165, 1.54) is 0 Å². The van der Waals surface area contributed by atoms with E-state index in [-0.39, 0.29) is 19.1 Å². The molecule has 0 unspecified atom stereocenters. The van der Waals surface area contributed by atoms with Crippen LogP contribution in [-0.2, 0) is 11.4 Å². The third kappa shape index (κ3) is 3.59. The molecule has 0 aliphatic carbocycles. The van der Waals surface area contributed by atoms with E-state index in [1.54, 1.807) is 6.07 Å². The maximum atomic E-state index is 11.8. The molecule has 0 aromatic heterocycles. The molecule has 20 heavy (non-hydrogen) atoms. The fraction of sp³-hybridized carbons (Fsp3) is 0.188. The van der Waals surface area contributed by atoms with E-state index >= 15 is 0 Å². The summed E-state index contributed by atoms with van der Waals surface area (Å²) in [7, 11) is 0. The van der Waals surface area contributed by atoms with Crippen LogP contribution >= 0.6 is 0 Å². The first-order valence-electron chi connectivity index (χ1n) is 6.37. The van der Waals surface area contributed by atoms with Crippen LogP contribution in [0.1, 0.15) is 11.1 Å². The lowest BCUT2D eigenvalue weighted by Gasteiger charge is -2.12. The van der Waals surface area contributed by atoms with Crippen molar-refractivity contribution in [2.75, 3.05) is 11.9 Å². The van der Waals surface area contributed by atoms with Gasteiger partial charge in [0.15, 0.2) is 6.61 Å². The molecule has 0 radical (unpaired) electrons. The molecule has 2 aromatic carbocycles. The number of para-hydroxylation sites is 2. The minimum atomic E-state index is -0.233. The number of hydrogen-bond acceptors (Lipinski definition) is 3. The van der Waals surface area contributed by atoms with Gasteiger partial charge in [-0.2, -0.15) is 0 Å². The molecule has 0 saturated carbocycles. The first kappa shape index (κ1) is 14.1. The highest BCUT2D eigenvalue weighted by Crippen LogP contribution is 2.23. The standard InChI is InChI=1S/C16H17NO3/c1-12-6-5-7-13(10-18)16(12)20-11-15(19)17-14-8-3-2-4-9-14/h2-9,18H,10-11H2,1H3,(H,17,19). The van der Waals surface area contributed by atoms with Crippen molar-refractivity contribution < 1.29 is 14.6 Å². The Labute approximate surface area is 118 Å². The summed E-state index contributed by atoms with van der Waals surface area (Å²) in [5.41, 5.74) is 2.30. The van der Waals surface area contributed by atoms with Crippen LogP contribution in [-0.4, -0.2) is 17.6 Å². The SMILES string of the molecule is Cc1cccc(CO)c1OCC(=O)Nc1ccccc1. The van der Waals surface area contributed by atoms with Gasteiger partial charge in [-0.1, -0.05) is 36.4 Å². The number of carbonyl (C=O) groups excluding carboxylic acids is 1. The Bertz CT molecular complexity index is 582. The second-order valence-corrected chi connectivity index (χ2v) is 4.42. The van der Waals surface area contributed by atoms with E-state index in [4.69, 9.17) is 4.74 Å². The molecule has 0 atom stereocenters. The van der Waals surface area contributed by atoms with Gasteiger partial charge in [-0.15, -0.1) is 0 Å². The van der Waals surface area contributed by atoms with Crippen LogP contribution in [0.2, 0.25) is 0 Å². The molecular formula is C16H17NO3. The van der Waals surface area contributed by atoms with E-state index in [2.05, 4.69) is 5.32 Å². The fourth-order valence-electron chi connectivity index (χ4n) is 1.90. The zero-order chi connectivity index (χ0) is 14.4. The van der Waals surface area contributed by atoms with Crippen molar-refractivity contribution in [3.8, 4) is 5.75 Å². The lowest BCUT2D eigenvalue weighted by molar-refractivity contribution is -0.118. The average molecular weight is 271 g/mol. The van der Waals surface area contributed by atoms with E-state index in [0.29, 0.717) is 11.3 Å². The van der Waals surface area contributed by atoms with Gasteiger partial charge in [0, 0.05) is 11.3 Å². The van der Waals surface area contributed by atoms with Gasteiger partial charge in [0.2, 0.25) is 0 Å². The summed E-state index contributed by atoms with van der Waals surface area (Å²) in [6.07, 6.45) is 0. The number of carbonyl (C=O) groups is 1. The Hall–Kier alpha value is -2.33. The molecular weight excluding hydrogens is 254 g/mol. The zero-order valence-corrected chi connectivity index (χ0v) is 11.3. The number of hydrogen-bond donors (Lipinski definition) is 2. The summed E-state index contributed by atoms with van der Waals surface area (Å²) >= 11 is 0. The summed E-state index contributed by atoms with van der Waals surface area (Å²) in [5, 5.41) is 12.0. The molecule has 0 bridgehead atoms. The number of benzene rings is 2. The molecule has 0 heterocycles. The van der Waals surface area contributed by atoms with E-state index in [0.717, 1.165) is 11.3 Å². The van der Waals surface area contributed by atoms with Crippen LogP contribution < -0.4 is 10.1 Å². The lowest BCUT2D eigenvalue weighted by atomic mass is 10.1. The molecule has 0 aliphatic rings. The predicted octanol–water partition coefficient (Wildman–Crippen LogP) is 2.50. The van der Waals surface area contributed by atoms with Crippen LogP contribution in [0.3, 0.4) is 0 Å². The van der Waals surface area contributed by atoms with Crippen LogP contribution in [0.4, 0.5) is 5.69 Å². The summed E-state index contributed by atoms with van der Waals surface area (Å²) in [6, 6.07) is 14.7. The summed E-state index contributed by atoms with van der Waals surface area (Å²) in [4.78, 5) is 11.8. The van der Waals surface area contributed by atoms with Crippen LogP contribution in [0.15, 0.2) is 48.5 Å². The topological polar surface area (TPSA) is 58.6 Å². The summed E-state index contributed by atoms with van der Waals surface area (Å²) < 4.78 is 5.52. The quantitative estimate of drug-likeness (QED) is 0.878. The van der Waals surface area contributed by atoms with Gasteiger partial charge in [0.05, 0.1) is 6.61 Å². The number of rotatable bonds is 5. The Morgan fingerprint density at radius 1 is 1.15 bits per heavy atom. The number of anilines is 1. The summed E-state index contributed by atoms with van der Waals surface area (Å²) in [5.74, 6) is 0.335. The molecule has 104 valence electrons. The summed E-state index contributed by atoms with van der Waals surface area (Å²) in [6.45, 7) is 1.67. The highest BCUT2D eigenvalue weighted by molar-refractivity contribution is 5.91. The molecule has 0 spiro atoms. The lowest BCUT2D eigenvalue weighted by Crippen LogP contribution is -2.20. The van der Waals surface area contributed by atoms with Crippen molar-refractivity contribution in [1.82, 2.24) is 0 Å². The van der Waals surface area contributed by atoms with E-state index < -0.39 is 0 Å². The minimum absolute atomic E-state index is 0.0905. The Morgan fingerprint density at radius 2 is 1.90 bits per heavy atom.